The lowest BCUT2D eigenvalue weighted by atomic mass is 10.2. The van der Waals surface area contributed by atoms with Crippen molar-refractivity contribution < 1.29 is 0 Å². The summed E-state index contributed by atoms with van der Waals surface area (Å²) >= 11 is 6.18. The predicted molar refractivity (Wildman–Crippen MR) is 95.3 cm³/mol. The van der Waals surface area contributed by atoms with Crippen LogP contribution in [0.25, 0.3) is 0 Å². The van der Waals surface area contributed by atoms with E-state index in [-0.39, 0.29) is 0 Å². The van der Waals surface area contributed by atoms with Crippen LogP contribution in [-0.4, -0.2) is 9.97 Å². The van der Waals surface area contributed by atoms with Gasteiger partial charge in [-0.15, -0.1) is 0 Å². The molecular weight excluding hydrogens is 308 g/mol. The number of aryl methyl sites for hydroxylation is 1. The van der Waals surface area contributed by atoms with Crippen molar-refractivity contribution in [1.29, 1.82) is 0 Å². The fraction of sp³-hybridized carbons (Fsp3) is 0.111. The quantitative estimate of drug-likeness (QED) is 0.708. The van der Waals surface area contributed by atoms with Crippen molar-refractivity contribution >= 4 is 28.9 Å². The molecule has 23 heavy (non-hydrogen) atoms. The number of aromatic nitrogens is 2. The van der Waals surface area contributed by atoms with Gasteiger partial charge in [0.25, 0.3) is 0 Å². The zero-order valence-corrected chi connectivity index (χ0v) is 13.5. The summed E-state index contributed by atoms with van der Waals surface area (Å²) in [5, 5.41) is 7.31. The third kappa shape index (κ3) is 4.20. The van der Waals surface area contributed by atoms with Crippen molar-refractivity contribution in [3.05, 3.63) is 77.1 Å². The summed E-state index contributed by atoms with van der Waals surface area (Å²) in [5.41, 5.74) is 2.02. The van der Waals surface area contributed by atoms with Crippen LogP contribution in [0.1, 0.15) is 11.4 Å². The molecule has 2 aromatic carbocycles. The Hall–Kier alpha value is -2.59. The van der Waals surface area contributed by atoms with Crippen LogP contribution in [0.2, 0.25) is 5.02 Å². The van der Waals surface area contributed by atoms with Crippen LogP contribution >= 0.6 is 11.6 Å². The average Bonchev–Trinajstić information content (AvgIpc) is 2.54. The molecular formula is C18H17ClN4. The molecule has 0 fully saturated rings. The molecule has 0 aliphatic carbocycles. The van der Waals surface area contributed by atoms with Crippen molar-refractivity contribution in [1.82, 2.24) is 9.97 Å². The summed E-state index contributed by atoms with van der Waals surface area (Å²) in [4.78, 5) is 8.83. The van der Waals surface area contributed by atoms with Crippen molar-refractivity contribution in [3.8, 4) is 0 Å². The topological polar surface area (TPSA) is 49.8 Å². The van der Waals surface area contributed by atoms with Gasteiger partial charge in [0.2, 0.25) is 0 Å². The Morgan fingerprint density at radius 1 is 0.913 bits per heavy atom. The van der Waals surface area contributed by atoms with Gasteiger partial charge in [-0.25, -0.2) is 9.97 Å². The minimum absolute atomic E-state index is 0.612. The molecule has 0 aliphatic heterocycles. The maximum Gasteiger partial charge on any atom is 0.136 e. The first-order chi connectivity index (χ1) is 11.2. The van der Waals surface area contributed by atoms with Gasteiger partial charge in [-0.3, -0.25) is 0 Å². The first kappa shape index (κ1) is 15.3. The second-order valence-electron chi connectivity index (χ2n) is 5.12. The van der Waals surface area contributed by atoms with Gasteiger partial charge in [0, 0.05) is 23.3 Å². The Balaban J connectivity index is 1.74. The third-order valence-corrected chi connectivity index (χ3v) is 3.67. The smallest absolute Gasteiger partial charge is 0.136 e. The highest BCUT2D eigenvalue weighted by atomic mass is 35.5. The molecule has 0 saturated heterocycles. The molecule has 0 spiro atoms. The Labute approximate surface area is 140 Å². The van der Waals surface area contributed by atoms with Crippen molar-refractivity contribution in [3.63, 3.8) is 0 Å². The van der Waals surface area contributed by atoms with Crippen molar-refractivity contribution in [2.24, 2.45) is 0 Å². The Kier molecular flexibility index (Phi) is 4.74. The van der Waals surface area contributed by atoms with E-state index in [9.17, 15) is 0 Å². The van der Waals surface area contributed by atoms with E-state index in [2.05, 4.69) is 20.6 Å². The van der Waals surface area contributed by atoms with Gasteiger partial charge < -0.3 is 10.6 Å². The van der Waals surface area contributed by atoms with Gasteiger partial charge in [-0.1, -0.05) is 48.0 Å². The Morgan fingerprint density at radius 2 is 1.61 bits per heavy atom. The number of anilines is 3. The molecule has 1 heterocycles. The number of halogens is 1. The van der Waals surface area contributed by atoms with Crippen LogP contribution in [0.15, 0.2) is 60.7 Å². The standard InChI is InChI=1S/C18H17ClN4/c1-13-21-17(20-12-14-7-5-6-10-16(14)19)11-18(22-13)23-15-8-3-2-4-9-15/h2-11H,12H2,1H3,(H2,20,21,22,23). The van der Waals surface area contributed by atoms with E-state index in [1.807, 2.05) is 67.6 Å². The van der Waals surface area contributed by atoms with Crippen LogP contribution in [-0.2, 0) is 6.54 Å². The molecule has 0 aliphatic rings. The summed E-state index contributed by atoms with van der Waals surface area (Å²) < 4.78 is 0. The van der Waals surface area contributed by atoms with Gasteiger partial charge >= 0.3 is 0 Å². The molecule has 0 saturated carbocycles. The molecule has 3 rings (SSSR count). The SMILES string of the molecule is Cc1nc(NCc2ccccc2Cl)cc(Nc2ccccc2)n1. The zero-order chi connectivity index (χ0) is 16.1. The normalized spacial score (nSPS) is 10.3. The van der Waals surface area contributed by atoms with E-state index < -0.39 is 0 Å². The fourth-order valence-corrected chi connectivity index (χ4v) is 2.42. The van der Waals surface area contributed by atoms with Gasteiger partial charge in [0.05, 0.1) is 0 Å². The lowest BCUT2D eigenvalue weighted by Crippen LogP contribution is -2.05. The molecule has 1 aromatic heterocycles. The molecule has 5 heteroatoms. The zero-order valence-electron chi connectivity index (χ0n) is 12.8. The lowest BCUT2D eigenvalue weighted by molar-refractivity contribution is 1.03. The van der Waals surface area contributed by atoms with Gasteiger partial charge in [0.1, 0.15) is 17.5 Å². The largest absolute Gasteiger partial charge is 0.366 e. The molecule has 0 unspecified atom stereocenters. The monoisotopic (exact) mass is 324 g/mol. The third-order valence-electron chi connectivity index (χ3n) is 3.30. The second-order valence-corrected chi connectivity index (χ2v) is 5.53. The van der Waals surface area contributed by atoms with Crippen LogP contribution in [0, 0.1) is 6.92 Å². The van der Waals surface area contributed by atoms with E-state index >= 15 is 0 Å². The Morgan fingerprint density at radius 3 is 2.39 bits per heavy atom. The van der Waals surface area contributed by atoms with Gasteiger partial charge in [-0.05, 0) is 30.7 Å². The molecule has 0 amide bonds. The van der Waals surface area contributed by atoms with E-state index in [1.54, 1.807) is 0 Å². The molecule has 116 valence electrons. The molecule has 4 nitrogen and oxygen atoms in total. The highest BCUT2D eigenvalue weighted by Gasteiger charge is 2.04. The molecule has 3 aromatic rings. The van der Waals surface area contributed by atoms with Gasteiger partial charge in [0.15, 0.2) is 0 Å². The second kappa shape index (κ2) is 7.11. The first-order valence-electron chi connectivity index (χ1n) is 7.36. The van der Waals surface area contributed by atoms with E-state index in [0.717, 1.165) is 27.9 Å². The minimum atomic E-state index is 0.612. The average molecular weight is 325 g/mol. The molecule has 0 radical (unpaired) electrons. The summed E-state index contributed by atoms with van der Waals surface area (Å²) in [5.74, 6) is 2.22. The highest BCUT2D eigenvalue weighted by Crippen LogP contribution is 2.19. The first-order valence-corrected chi connectivity index (χ1v) is 7.73. The maximum atomic E-state index is 6.18. The summed E-state index contributed by atoms with van der Waals surface area (Å²) in [6.45, 7) is 2.48. The maximum absolute atomic E-state index is 6.18. The molecule has 0 bridgehead atoms. The van der Waals surface area contributed by atoms with E-state index in [4.69, 9.17) is 11.6 Å². The summed E-state index contributed by atoms with van der Waals surface area (Å²) in [7, 11) is 0. The number of rotatable bonds is 5. The van der Waals surface area contributed by atoms with E-state index in [0.29, 0.717) is 12.4 Å². The van der Waals surface area contributed by atoms with Crippen LogP contribution < -0.4 is 10.6 Å². The highest BCUT2D eigenvalue weighted by molar-refractivity contribution is 6.31. The van der Waals surface area contributed by atoms with Crippen molar-refractivity contribution in [2.75, 3.05) is 10.6 Å². The van der Waals surface area contributed by atoms with Crippen LogP contribution in [0.5, 0.6) is 0 Å². The van der Waals surface area contributed by atoms with E-state index in [1.165, 1.54) is 0 Å². The lowest BCUT2D eigenvalue weighted by Gasteiger charge is -2.11. The number of hydrogen-bond donors (Lipinski definition) is 2. The fourth-order valence-electron chi connectivity index (χ4n) is 2.22. The number of benzene rings is 2. The van der Waals surface area contributed by atoms with Crippen molar-refractivity contribution in [2.45, 2.75) is 13.5 Å². The van der Waals surface area contributed by atoms with Gasteiger partial charge in [-0.2, -0.15) is 0 Å². The minimum Gasteiger partial charge on any atom is -0.366 e. The predicted octanol–water partition coefficient (Wildman–Crippen LogP) is 4.79. The number of hydrogen-bond acceptors (Lipinski definition) is 4. The summed E-state index contributed by atoms with van der Waals surface area (Å²) in [6.07, 6.45) is 0. The summed E-state index contributed by atoms with van der Waals surface area (Å²) in [6, 6.07) is 19.6. The number of nitrogens with one attached hydrogen (secondary N) is 2. The van der Waals surface area contributed by atoms with Crippen LogP contribution in [0.4, 0.5) is 17.3 Å². The molecule has 2 N–H and O–H groups in total. The Bertz CT molecular complexity index is 790. The molecule has 0 atom stereocenters. The number of para-hydroxylation sites is 1. The van der Waals surface area contributed by atoms with Crippen LogP contribution in [0.3, 0.4) is 0 Å². The number of nitrogens with zero attached hydrogens (tertiary/aromatic N) is 2.